The van der Waals surface area contributed by atoms with Crippen molar-refractivity contribution in [2.75, 3.05) is 0 Å². The molecule has 2 rings (SSSR count). The maximum Gasteiger partial charge on any atom is 0.141 e. The zero-order valence-electron chi connectivity index (χ0n) is 10.5. The first-order chi connectivity index (χ1) is 8.17. The van der Waals surface area contributed by atoms with Crippen molar-refractivity contribution in [1.29, 1.82) is 0 Å². The molecule has 94 valence electrons. The summed E-state index contributed by atoms with van der Waals surface area (Å²) in [4.78, 5) is 12.1. The summed E-state index contributed by atoms with van der Waals surface area (Å²) in [6.45, 7) is 4.98. The summed E-state index contributed by atoms with van der Waals surface area (Å²) >= 11 is 3.59. The fourth-order valence-corrected chi connectivity index (χ4v) is 2.93. The molecule has 1 aliphatic rings. The smallest absolute Gasteiger partial charge is 0.141 e. The number of carbonyl (C=O) groups excluding carboxylic acids is 1. The third-order valence-electron chi connectivity index (χ3n) is 3.60. The Kier molecular flexibility index (Phi) is 4.02. The molecule has 4 heteroatoms. The van der Waals surface area contributed by atoms with E-state index < -0.39 is 0 Å². The Morgan fingerprint density at radius 3 is 2.65 bits per heavy atom. The average Bonchev–Trinajstić information content (AvgIpc) is 2.53. The highest BCUT2D eigenvalue weighted by atomic mass is 79.9. The summed E-state index contributed by atoms with van der Waals surface area (Å²) in [6.07, 6.45) is 4.81. The first kappa shape index (κ1) is 12.8. The Hall–Kier alpha value is -0.640. The molecule has 0 atom stereocenters. The van der Waals surface area contributed by atoms with Gasteiger partial charge in [0.05, 0.1) is 15.9 Å². The normalized spacial score (nSPS) is 15.9. The minimum atomic E-state index is 0.312. The van der Waals surface area contributed by atoms with Gasteiger partial charge < -0.3 is 0 Å². The van der Waals surface area contributed by atoms with Gasteiger partial charge in [-0.1, -0.05) is 13.3 Å². The Labute approximate surface area is 111 Å². The molecular weight excluding hydrogens is 280 g/mol. The number of ketones is 1. The molecule has 1 heterocycles. The minimum Gasteiger partial charge on any atom is -0.299 e. The second-order valence-electron chi connectivity index (χ2n) is 4.65. The topological polar surface area (TPSA) is 34.9 Å². The summed E-state index contributed by atoms with van der Waals surface area (Å²) in [5.74, 6) is 0.696. The number of carbonyl (C=O) groups is 1. The van der Waals surface area contributed by atoms with Crippen LogP contribution in [0.25, 0.3) is 0 Å². The molecule has 17 heavy (non-hydrogen) atoms. The van der Waals surface area contributed by atoms with E-state index in [2.05, 4.69) is 34.9 Å². The number of halogens is 1. The van der Waals surface area contributed by atoms with Gasteiger partial charge in [0.25, 0.3) is 0 Å². The molecule has 0 saturated heterocycles. The van der Waals surface area contributed by atoms with Gasteiger partial charge in [0, 0.05) is 18.9 Å². The number of hydrogen-bond donors (Lipinski definition) is 0. The van der Waals surface area contributed by atoms with Crippen LogP contribution in [0.4, 0.5) is 0 Å². The lowest BCUT2D eigenvalue weighted by molar-refractivity contribution is -0.124. The molecule has 0 bridgehead atoms. The quantitative estimate of drug-likeness (QED) is 0.837. The first-order valence-corrected chi connectivity index (χ1v) is 7.23. The fraction of sp³-hybridized carbons (Fsp3) is 0.692. The van der Waals surface area contributed by atoms with E-state index in [1.165, 1.54) is 6.42 Å². The van der Waals surface area contributed by atoms with Crippen molar-refractivity contribution in [3.63, 3.8) is 0 Å². The number of rotatable bonds is 5. The Balaban J connectivity index is 2.18. The van der Waals surface area contributed by atoms with Crippen LogP contribution in [0.5, 0.6) is 0 Å². The molecule has 0 aromatic carbocycles. The molecule has 0 amide bonds. The van der Waals surface area contributed by atoms with Crippen LogP contribution in [0.2, 0.25) is 0 Å². The van der Waals surface area contributed by atoms with Crippen molar-refractivity contribution in [3.05, 3.63) is 15.9 Å². The second kappa shape index (κ2) is 5.34. The maximum absolute atomic E-state index is 12.1. The summed E-state index contributed by atoms with van der Waals surface area (Å²) < 4.78 is 2.99. The van der Waals surface area contributed by atoms with Crippen LogP contribution < -0.4 is 0 Å². The molecule has 0 radical (unpaired) electrons. The molecule has 0 spiro atoms. The van der Waals surface area contributed by atoms with Gasteiger partial charge in [0.2, 0.25) is 0 Å². The Morgan fingerprint density at radius 2 is 2.18 bits per heavy atom. The van der Waals surface area contributed by atoms with Crippen LogP contribution in [0.1, 0.15) is 44.5 Å². The number of aromatic nitrogens is 2. The maximum atomic E-state index is 12.1. The van der Waals surface area contributed by atoms with Gasteiger partial charge in [0.15, 0.2) is 0 Å². The van der Waals surface area contributed by atoms with Crippen molar-refractivity contribution < 1.29 is 4.79 Å². The summed E-state index contributed by atoms with van der Waals surface area (Å²) in [5, 5.41) is 4.52. The molecule has 1 aromatic heterocycles. The van der Waals surface area contributed by atoms with Gasteiger partial charge in [-0.05, 0) is 42.1 Å². The molecule has 1 aliphatic carbocycles. The Bertz CT molecular complexity index is 421. The van der Waals surface area contributed by atoms with Gasteiger partial charge >= 0.3 is 0 Å². The van der Waals surface area contributed by atoms with Crippen LogP contribution in [0, 0.1) is 5.92 Å². The van der Waals surface area contributed by atoms with E-state index in [1.807, 2.05) is 4.68 Å². The highest BCUT2D eigenvalue weighted by molar-refractivity contribution is 9.10. The molecule has 3 nitrogen and oxygen atoms in total. The van der Waals surface area contributed by atoms with Crippen LogP contribution >= 0.6 is 15.9 Å². The summed E-state index contributed by atoms with van der Waals surface area (Å²) in [7, 11) is 0. The Morgan fingerprint density at radius 1 is 1.47 bits per heavy atom. The van der Waals surface area contributed by atoms with Crippen LogP contribution in [-0.2, 0) is 24.2 Å². The molecule has 0 unspecified atom stereocenters. The van der Waals surface area contributed by atoms with E-state index in [0.717, 1.165) is 41.7 Å². The van der Waals surface area contributed by atoms with E-state index >= 15 is 0 Å². The lowest BCUT2D eigenvalue weighted by atomic mass is 9.81. The van der Waals surface area contributed by atoms with Crippen molar-refractivity contribution in [3.8, 4) is 0 Å². The van der Waals surface area contributed by atoms with E-state index in [0.29, 0.717) is 18.1 Å². The lowest BCUT2D eigenvalue weighted by Crippen LogP contribution is -2.24. The number of nitrogens with zero attached hydrogens (tertiary/aromatic N) is 2. The summed E-state index contributed by atoms with van der Waals surface area (Å²) in [6, 6.07) is 0. The van der Waals surface area contributed by atoms with Gasteiger partial charge in [-0.2, -0.15) is 5.10 Å². The highest BCUT2D eigenvalue weighted by Gasteiger charge is 2.27. The summed E-state index contributed by atoms with van der Waals surface area (Å²) in [5.41, 5.74) is 2.12. The van der Waals surface area contributed by atoms with E-state index in [9.17, 15) is 4.79 Å². The first-order valence-electron chi connectivity index (χ1n) is 6.44. The van der Waals surface area contributed by atoms with Gasteiger partial charge in [-0.25, -0.2) is 0 Å². The molecule has 1 fully saturated rings. The molecule has 1 aromatic rings. The van der Waals surface area contributed by atoms with Crippen LogP contribution in [0.15, 0.2) is 4.47 Å². The fourth-order valence-electron chi connectivity index (χ4n) is 2.23. The monoisotopic (exact) mass is 298 g/mol. The molecule has 0 aliphatic heterocycles. The molecule has 1 saturated carbocycles. The standard InChI is InChI=1S/C13H19BrN2O/c1-3-10-13(14)11(16(4-2)15-10)8-12(17)9-6-5-7-9/h9H,3-8H2,1-2H3. The van der Waals surface area contributed by atoms with E-state index in [-0.39, 0.29) is 0 Å². The number of aryl methyl sites for hydroxylation is 2. The third-order valence-corrected chi connectivity index (χ3v) is 4.51. The van der Waals surface area contributed by atoms with Crippen LogP contribution in [0.3, 0.4) is 0 Å². The highest BCUT2D eigenvalue weighted by Crippen LogP contribution is 2.30. The number of hydrogen-bond acceptors (Lipinski definition) is 2. The van der Waals surface area contributed by atoms with Gasteiger partial charge in [-0.15, -0.1) is 0 Å². The SMILES string of the molecule is CCc1nn(CC)c(CC(=O)C2CCC2)c1Br. The van der Waals surface area contributed by atoms with Crippen molar-refractivity contribution in [1.82, 2.24) is 9.78 Å². The second-order valence-corrected chi connectivity index (χ2v) is 5.44. The zero-order valence-corrected chi connectivity index (χ0v) is 12.1. The molecule has 0 N–H and O–H groups in total. The van der Waals surface area contributed by atoms with E-state index in [1.54, 1.807) is 0 Å². The predicted octanol–water partition coefficient (Wildman–Crippen LogP) is 3.14. The van der Waals surface area contributed by atoms with Crippen molar-refractivity contribution in [2.45, 2.75) is 52.5 Å². The minimum absolute atomic E-state index is 0.312. The molecular formula is C13H19BrN2O. The van der Waals surface area contributed by atoms with Crippen molar-refractivity contribution >= 4 is 21.7 Å². The largest absolute Gasteiger partial charge is 0.299 e. The predicted molar refractivity (Wildman–Crippen MR) is 71.0 cm³/mol. The van der Waals surface area contributed by atoms with Gasteiger partial charge in [-0.3, -0.25) is 9.48 Å². The lowest BCUT2D eigenvalue weighted by Gasteiger charge is -2.23. The average molecular weight is 299 g/mol. The zero-order chi connectivity index (χ0) is 12.4. The van der Waals surface area contributed by atoms with Gasteiger partial charge in [0.1, 0.15) is 5.78 Å². The number of Topliss-reactive ketones (excluding diaryl/α,β-unsaturated/α-hetero) is 1. The third kappa shape index (κ3) is 2.46. The van der Waals surface area contributed by atoms with E-state index in [4.69, 9.17) is 0 Å². The van der Waals surface area contributed by atoms with Crippen molar-refractivity contribution in [2.24, 2.45) is 5.92 Å². The van der Waals surface area contributed by atoms with Crippen LogP contribution in [-0.4, -0.2) is 15.6 Å².